The number of rotatable bonds is 6. The van der Waals surface area contributed by atoms with Gasteiger partial charge in [0.1, 0.15) is 12.4 Å². The van der Waals surface area contributed by atoms with E-state index in [1.165, 1.54) is 12.8 Å². The molecule has 0 spiro atoms. The van der Waals surface area contributed by atoms with E-state index >= 15 is 0 Å². The minimum absolute atomic E-state index is 0.0625. The molecule has 2 atom stereocenters. The Morgan fingerprint density at radius 2 is 2.05 bits per heavy atom. The molecule has 116 valence electrons. The average molecular weight is 289 g/mol. The number of amides is 1. The van der Waals surface area contributed by atoms with E-state index in [2.05, 4.69) is 26.1 Å². The van der Waals surface area contributed by atoms with Gasteiger partial charge >= 0.3 is 0 Å². The van der Waals surface area contributed by atoms with Crippen LogP contribution in [-0.2, 0) is 11.2 Å². The maximum absolute atomic E-state index is 12.3. The summed E-state index contributed by atoms with van der Waals surface area (Å²) in [5.41, 5.74) is 1.14. The zero-order valence-electron chi connectivity index (χ0n) is 13.4. The highest BCUT2D eigenvalue weighted by atomic mass is 16.5. The monoisotopic (exact) mass is 289 g/mol. The third-order valence-corrected chi connectivity index (χ3v) is 4.06. The Kier molecular flexibility index (Phi) is 5.66. The van der Waals surface area contributed by atoms with Gasteiger partial charge in [-0.1, -0.05) is 44.9 Å². The average Bonchev–Trinajstić information content (AvgIpc) is 2.46. The van der Waals surface area contributed by atoms with Gasteiger partial charge in [-0.3, -0.25) is 4.79 Å². The minimum atomic E-state index is -0.0625. The third-order valence-electron chi connectivity index (χ3n) is 4.06. The molecular weight excluding hydrogens is 262 g/mol. The quantitative estimate of drug-likeness (QED) is 0.869. The topological polar surface area (TPSA) is 38.3 Å². The fourth-order valence-electron chi connectivity index (χ4n) is 2.76. The first-order chi connectivity index (χ1) is 10.1. The summed E-state index contributed by atoms with van der Waals surface area (Å²) >= 11 is 0. The second kappa shape index (κ2) is 7.48. The van der Waals surface area contributed by atoms with Crippen LogP contribution < -0.4 is 10.1 Å². The van der Waals surface area contributed by atoms with E-state index in [9.17, 15) is 4.79 Å². The van der Waals surface area contributed by atoms with Gasteiger partial charge in [0.25, 0.3) is 0 Å². The Balaban J connectivity index is 1.79. The number of hydrogen-bond acceptors (Lipinski definition) is 2. The molecule has 0 saturated carbocycles. The van der Waals surface area contributed by atoms with E-state index in [1.54, 1.807) is 0 Å². The Hall–Kier alpha value is -1.51. The van der Waals surface area contributed by atoms with Crippen LogP contribution in [0.5, 0.6) is 5.75 Å². The van der Waals surface area contributed by atoms with Crippen molar-refractivity contribution >= 4 is 5.91 Å². The summed E-state index contributed by atoms with van der Waals surface area (Å²) < 4.78 is 5.69. The van der Waals surface area contributed by atoms with Crippen LogP contribution in [0.15, 0.2) is 24.3 Å². The molecule has 3 nitrogen and oxygen atoms in total. The molecule has 2 rings (SSSR count). The maximum Gasteiger partial charge on any atom is 0.227 e. The predicted molar refractivity (Wildman–Crippen MR) is 85.4 cm³/mol. The molecule has 0 saturated heterocycles. The van der Waals surface area contributed by atoms with Crippen molar-refractivity contribution < 1.29 is 9.53 Å². The SMILES string of the molecule is CC(C)CCCC(C)NC(=O)C1COc2ccccc2C1. The van der Waals surface area contributed by atoms with E-state index in [1.807, 2.05) is 24.3 Å². The van der Waals surface area contributed by atoms with E-state index < -0.39 is 0 Å². The number of nitrogens with one attached hydrogen (secondary N) is 1. The Bertz CT molecular complexity index is 470. The van der Waals surface area contributed by atoms with Crippen molar-refractivity contribution in [2.45, 2.75) is 52.5 Å². The van der Waals surface area contributed by atoms with Crippen molar-refractivity contribution in [2.75, 3.05) is 6.61 Å². The lowest BCUT2D eigenvalue weighted by atomic mass is 9.95. The highest BCUT2D eigenvalue weighted by molar-refractivity contribution is 5.79. The van der Waals surface area contributed by atoms with Gasteiger partial charge < -0.3 is 10.1 Å². The second-order valence-corrected chi connectivity index (χ2v) is 6.55. The Morgan fingerprint density at radius 3 is 2.81 bits per heavy atom. The Morgan fingerprint density at radius 1 is 1.29 bits per heavy atom. The highest BCUT2D eigenvalue weighted by Crippen LogP contribution is 2.26. The number of benzene rings is 1. The van der Waals surface area contributed by atoms with Gasteiger partial charge in [-0.25, -0.2) is 0 Å². The molecule has 1 aromatic carbocycles. The lowest BCUT2D eigenvalue weighted by Gasteiger charge is -2.26. The molecule has 0 aromatic heterocycles. The van der Waals surface area contributed by atoms with Crippen molar-refractivity contribution in [2.24, 2.45) is 11.8 Å². The van der Waals surface area contributed by atoms with Crippen LogP contribution >= 0.6 is 0 Å². The van der Waals surface area contributed by atoms with Crippen molar-refractivity contribution in [1.29, 1.82) is 0 Å². The first-order valence-corrected chi connectivity index (χ1v) is 8.07. The van der Waals surface area contributed by atoms with Crippen LogP contribution in [-0.4, -0.2) is 18.6 Å². The lowest BCUT2D eigenvalue weighted by Crippen LogP contribution is -2.41. The first kappa shape index (κ1) is 15.9. The molecule has 21 heavy (non-hydrogen) atoms. The first-order valence-electron chi connectivity index (χ1n) is 8.07. The molecule has 2 unspecified atom stereocenters. The van der Waals surface area contributed by atoms with Gasteiger partial charge in [-0.2, -0.15) is 0 Å². The molecule has 1 heterocycles. The zero-order valence-corrected chi connectivity index (χ0v) is 13.4. The summed E-state index contributed by atoms with van der Waals surface area (Å²) in [5.74, 6) is 1.72. The third kappa shape index (κ3) is 4.76. The van der Waals surface area contributed by atoms with Crippen LogP contribution in [0.1, 0.15) is 45.6 Å². The van der Waals surface area contributed by atoms with Crippen LogP contribution in [0.2, 0.25) is 0 Å². The van der Waals surface area contributed by atoms with Gasteiger partial charge in [-0.15, -0.1) is 0 Å². The van der Waals surface area contributed by atoms with Crippen molar-refractivity contribution in [1.82, 2.24) is 5.32 Å². The van der Waals surface area contributed by atoms with E-state index in [4.69, 9.17) is 4.74 Å². The molecule has 1 aliphatic rings. The summed E-state index contributed by atoms with van der Waals surface area (Å²) in [6.45, 7) is 7.05. The van der Waals surface area contributed by atoms with Crippen molar-refractivity contribution in [3.63, 3.8) is 0 Å². The largest absolute Gasteiger partial charge is 0.492 e. The predicted octanol–water partition coefficient (Wildman–Crippen LogP) is 3.57. The van der Waals surface area contributed by atoms with Crippen molar-refractivity contribution in [3.05, 3.63) is 29.8 Å². The van der Waals surface area contributed by atoms with Crippen LogP contribution in [0.4, 0.5) is 0 Å². The molecule has 3 heteroatoms. The van der Waals surface area contributed by atoms with Gasteiger partial charge in [-0.05, 0) is 37.3 Å². The number of carbonyl (C=O) groups excluding carboxylic acids is 1. The molecule has 1 N–H and O–H groups in total. The number of para-hydroxylation sites is 1. The number of hydrogen-bond donors (Lipinski definition) is 1. The van der Waals surface area contributed by atoms with Crippen LogP contribution in [0.25, 0.3) is 0 Å². The van der Waals surface area contributed by atoms with Crippen LogP contribution in [0, 0.1) is 11.8 Å². The lowest BCUT2D eigenvalue weighted by molar-refractivity contribution is -0.126. The molecule has 0 aliphatic carbocycles. The normalized spacial score (nSPS) is 18.8. The fraction of sp³-hybridized carbons (Fsp3) is 0.611. The molecule has 0 bridgehead atoms. The maximum atomic E-state index is 12.3. The fourth-order valence-corrected chi connectivity index (χ4v) is 2.76. The molecule has 0 fully saturated rings. The molecule has 1 amide bonds. The van der Waals surface area contributed by atoms with E-state index in [-0.39, 0.29) is 17.9 Å². The summed E-state index contributed by atoms with van der Waals surface area (Å²) in [5, 5.41) is 3.14. The molecule has 0 radical (unpaired) electrons. The van der Waals surface area contributed by atoms with Gasteiger partial charge in [0, 0.05) is 6.04 Å². The van der Waals surface area contributed by atoms with Gasteiger partial charge in [0.15, 0.2) is 0 Å². The standard InChI is InChI=1S/C18H27NO2/c1-13(2)7-6-8-14(3)19-18(20)16-11-15-9-4-5-10-17(15)21-12-16/h4-5,9-10,13-14,16H,6-8,11-12H2,1-3H3,(H,19,20). The Labute approximate surface area is 128 Å². The number of carbonyl (C=O) groups is 1. The summed E-state index contributed by atoms with van der Waals surface area (Å²) in [6.07, 6.45) is 4.22. The zero-order chi connectivity index (χ0) is 15.2. The molecule has 1 aromatic rings. The van der Waals surface area contributed by atoms with Crippen molar-refractivity contribution in [3.8, 4) is 5.75 Å². The summed E-state index contributed by atoms with van der Waals surface area (Å²) in [6, 6.07) is 8.22. The number of fused-ring (bicyclic) bond motifs is 1. The highest BCUT2D eigenvalue weighted by Gasteiger charge is 2.26. The molecule has 1 aliphatic heterocycles. The second-order valence-electron chi connectivity index (χ2n) is 6.55. The van der Waals surface area contributed by atoms with Crippen LogP contribution in [0.3, 0.4) is 0 Å². The van der Waals surface area contributed by atoms with Gasteiger partial charge in [0.05, 0.1) is 5.92 Å². The summed E-state index contributed by atoms with van der Waals surface area (Å²) in [4.78, 5) is 12.3. The summed E-state index contributed by atoms with van der Waals surface area (Å²) in [7, 11) is 0. The smallest absolute Gasteiger partial charge is 0.227 e. The van der Waals surface area contributed by atoms with E-state index in [0.717, 1.165) is 30.1 Å². The van der Waals surface area contributed by atoms with Gasteiger partial charge in [0.2, 0.25) is 5.91 Å². The minimum Gasteiger partial charge on any atom is -0.492 e. The van der Waals surface area contributed by atoms with E-state index in [0.29, 0.717) is 6.61 Å². The molecular formula is C18H27NO2. The number of ether oxygens (including phenoxy) is 1.